The number of hydrogen-bond acceptors (Lipinski definition) is 4. The van der Waals surface area contributed by atoms with Gasteiger partial charge in [0.05, 0.1) is 7.11 Å². The molecular formula is C13H24N2O3. The molecule has 1 saturated heterocycles. The Morgan fingerprint density at radius 2 is 1.89 bits per heavy atom. The van der Waals surface area contributed by atoms with Gasteiger partial charge in [0.1, 0.15) is 0 Å². The average Bonchev–Trinajstić information content (AvgIpc) is 2.35. The molecule has 5 nitrogen and oxygen atoms in total. The fraction of sp³-hybridized carbons (Fsp3) is 0.846. The monoisotopic (exact) mass is 256 g/mol. The Labute approximate surface area is 109 Å². The summed E-state index contributed by atoms with van der Waals surface area (Å²) in [4.78, 5) is 24.7. The van der Waals surface area contributed by atoms with Gasteiger partial charge in [0, 0.05) is 6.54 Å². The summed E-state index contributed by atoms with van der Waals surface area (Å²) in [5, 5.41) is 2.66. The van der Waals surface area contributed by atoms with Gasteiger partial charge in [-0.25, -0.2) is 4.79 Å². The lowest BCUT2D eigenvalue weighted by Crippen LogP contribution is -2.44. The van der Waals surface area contributed by atoms with Crippen molar-refractivity contribution in [1.82, 2.24) is 10.2 Å². The zero-order valence-electron chi connectivity index (χ0n) is 11.8. The number of likely N-dealkylation sites (tertiary alicyclic amines) is 1. The van der Waals surface area contributed by atoms with E-state index in [1.54, 1.807) is 0 Å². The highest BCUT2D eigenvalue weighted by molar-refractivity contribution is 6.32. The predicted octanol–water partition coefficient (Wildman–Crippen LogP) is 0.644. The van der Waals surface area contributed by atoms with Gasteiger partial charge in [0.25, 0.3) is 0 Å². The van der Waals surface area contributed by atoms with E-state index in [0.717, 1.165) is 25.9 Å². The molecule has 18 heavy (non-hydrogen) atoms. The van der Waals surface area contributed by atoms with Gasteiger partial charge in [-0.1, -0.05) is 13.8 Å². The highest BCUT2D eigenvalue weighted by atomic mass is 16.5. The first-order valence-electron chi connectivity index (χ1n) is 6.41. The second-order valence-corrected chi connectivity index (χ2v) is 5.74. The maximum absolute atomic E-state index is 11.4. The first-order valence-corrected chi connectivity index (χ1v) is 6.41. The van der Waals surface area contributed by atoms with Gasteiger partial charge in [-0.05, 0) is 44.3 Å². The zero-order valence-corrected chi connectivity index (χ0v) is 11.8. The van der Waals surface area contributed by atoms with Crippen LogP contribution < -0.4 is 5.32 Å². The molecule has 1 heterocycles. The van der Waals surface area contributed by atoms with Crippen molar-refractivity contribution in [2.75, 3.05) is 33.8 Å². The largest absolute Gasteiger partial charge is 0.462 e. The Hall–Kier alpha value is -1.10. The van der Waals surface area contributed by atoms with Gasteiger partial charge in [0.2, 0.25) is 0 Å². The van der Waals surface area contributed by atoms with Crippen LogP contribution in [-0.4, -0.2) is 50.6 Å². The van der Waals surface area contributed by atoms with Crippen LogP contribution in [0.1, 0.15) is 26.7 Å². The van der Waals surface area contributed by atoms with Crippen LogP contribution in [0.5, 0.6) is 0 Å². The lowest BCUT2D eigenvalue weighted by molar-refractivity contribution is -0.153. The summed E-state index contributed by atoms with van der Waals surface area (Å²) in [5.41, 5.74) is 0.00490. The van der Waals surface area contributed by atoms with Crippen LogP contribution in [0.25, 0.3) is 0 Å². The van der Waals surface area contributed by atoms with E-state index >= 15 is 0 Å². The molecule has 1 fully saturated rings. The van der Waals surface area contributed by atoms with Crippen molar-refractivity contribution in [1.29, 1.82) is 0 Å². The predicted molar refractivity (Wildman–Crippen MR) is 69.0 cm³/mol. The number of carbonyl (C=O) groups is 2. The highest BCUT2D eigenvalue weighted by Crippen LogP contribution is 2.34. The SMILES string of the molecule is COC(=O)C(=O)NCC(C)(C)C1CCN(C)CC1. The van der Waals surface area contributed by atoms with Crippen LogP contribution in [0.3, 0.4) is 0 Å². The Kier molecular flexibility index (Phi) is 5.14. The number of amides is 1. The van der Waals surface area contributed by atoms with Gasteiger partial charge in [-0.3, -0.25) is 4.79 Å². The lowest BCUT2D eigenvalue weighted by Gasteiger charge is -2.39. The van der Waals surface area contributed by atoms with Gasteiger partial charge in [-0.2, -0.15) is 0 Å². The number of piperidine rings is 1. The fourth-order valence-corrected chi connectivity index (χ4v) is 2.41. The molecule has 0 aliphatic carbocycles. The van der Waals surface area contributed by atoms with Crippen molar-refractivity contribution in [3.05, 3.63) is 0 Å². The van der Waals surface area contributed by atoms with E-state index in [2.05, 4.69) is 35.8 Å². The van der Waals surface area contributed by atoms with Crippen molar-refractivity contribution in [2.45, 2.75) is 26.7 Å². The Balaban J connectivity index is 2.44. The normalized spacial score (nSPS) is 18.4. The molecule has 0 spiro atoms. The molecule has 0 atom stereocenters. The second-order valence-electron chi connectivity index (χ2n) is 5.74. The van der Waals surface area contributed by atoms with E-state index in [-0.39, 0.29) is 5.41 Å². The summed E-state index contributed by atoms with van der Waals surface area (Å²) in [6.07, 6.45) is 2.27. The summed E-state index contributed by atoms with van der Waals surface area (Å²) in [6.45, 7) is 6.98. The van der Waals surface area contributed by atoms with E-state index in [0.29, 0.717) is 12.5 Å². The molecule has 0 radical (unpaired) electrons. The third-order valence-corrected chi connectivity index (χ3v) is 3.90. The molecule has 0 aromatic carbocycles. The Morgan fingerprint density at radius 3 is 2.39 bits per heavy atom. The number of ether oxygens (including phenoxy) is 1. The van der Waals surface area contributed by atoms with Crippen molar-refractivity contribution in [3.8, 4) is 0 Å². The molecular weight excluding hydrogens is 232 g/mol. The summed E-state index contributed by atoms with van der Waals surface area (Å²) < 4.78 is 4.38. The minimum Gasteiger partial charge on any atom is -0.462 e. The van der Waals surface area contributed by atoms with Crippen molar-refractivity contribution >= 4 is 11.9 Å². The van der Waals surface area contributed by atoms with Crippen LogP contribution in [0, 0.1) is 11.3 Å². The van der Waals surface area contributed by atoms with Crippen LogP contribution in [0.4, 0.5) is 0 Å². The number of esters is 1. The molecule has 0 aromatic rings. The first kappa shape index (κ1) is 15.0. The van der Waals surface area contributed by atoms with Gasteiger partial charge < -0.3 is 15.0 Å². The summed E-state index contributed by atoms with van der Waals surface area (Å²) in [5.74, 6) is -0.903. The van der Waals surface area contributed by atoms with E-state index in [1.807, 2.05) is 0 Å². The quantitative estimate of drug-likeness (QED) is 0.595. The van der Waals surface area contributed by atoms with Crippen molar-refractivity contribution in [2.24, 2.45) is 11.3 Å². The first-order chi connectivity index (χ1) is 8.36. The van der Waals surface area contributed by atoms with Crippen molar-refractivity contribution < 1.29 is 14.3 Å². The van der Waals surface area contributed by atoms with E-state index in [9.17, 15) is 9.59 Å². The molecule has 5 heteroatoms. The Morgan fingerprint density at radius 1 is 1.33 bits per heavy atom. The number of hydrogen-bond donors (Lipinski definition) is 1. The van der Waals surface area contributed by atoms with E-state index in [4.69, 9.17) is 0 Å². The molecule has 1 aliphatic heterocycles. The van der Waals surface area contributed by atoms with Gasteiger partial charge in [-0.15, -0.1) is 0 Å². The van der Waals surface area contributed by atoms with Crippen LogP contribution in [0.2, 0.25) is 0 Å². The van der Waals surface area contributed by atoms with Gasteiger partial charge >= 0.3 is 11.9 Å². The average molecular weight is 256 g/mol. The van der Waals surface area contributed by atoms with Crippen LogP contribution in [0.15, 0.2) is 0 Å². The number of rotatable bonds is 3. The number of nitrogens with zero attached hydrogens (tertiary/aromatic N) is 1. The number of methoxy groups -OCH3 is 1. The van der Waals surface area contributed by atoms with E-state index in [1.165, 1.54) is 7.11 Å². The fourth-order valence-electron chi connectivity index (χ4n) is 2.41. The second kappa shape index (κ2) is 6.18. The Bertz CT molecular complexity index is 307. The summed E-state index contributed by atoms with van der Waals surface area (Å²) >= 11 is 0. The van der Waals surface area contributed by atoms with Gasteiger partial charge in [0.15, 0.2) is 0 Å². The highest BCUT2D eigenvalue weighted by Gasteiger charge is 2.32. The third kappa shape index (κ3) is 3.98. The molecule has 0 aromatic heterocycles. The molecule has 0 unspecified atom stereocenters. The molecule has 1 amide bonds. The molecule has 1 rings (SSSR count). The minimum atomic E-state index is -0.825. The topological polar surface area (TPSA) is 58.6 Å². The maximum atomic E-state index is 11.4. The minimum absolute atomic E-state index is 0.00490. The molecule has 0 saturated carbocycles. The standard InChI is InChI=1S/C13H24N2O3/c1-13(2,9-14-11(16)12(17)18-4)10-5-7-15(3)8-6-10/h10H,5-9H2,1-4H3,(H,14,16). The van der Waals surface area contributed by atoms with Crippen LogP contribution in [-0.2, 0) is 14.3 Å². The third-order valence-electron chi connectivity index (χ3n) is 3.90. The molecule has 0 bridgehead atoms. The lowest BCUT2D eigenvalue weighted by atomic mass is 9.73. The molecule has 104 valence electrons. The maximum Gasteiger partial charge on any atom is 0.396 e. The van der Waals surface area contributed by atoms with Crippen LogP contribution >= 0.6 is 0 Å². The zero-order chi connectivity index (χ0) is 13.8. The van der Waals surface area contributed by atoms with Crippen molar-refractivity contribution in [3.63, 3.8) is 0 Å². The number of nitrogens with one attached hydrogen (secondary N) is 1. The number of carbonyl (C=O) groups excluding carboxylic acids is 2. The smallest absolute Gasteiger partial charge is 0.396 e. The summed E-state index contributed by atoms with van der Waals surface area (Å²) in [7, 11) is 3.34. The summed E-state index contributed by atoms with van der Waals surface area (Å²) in [6, 6.07) is 0. The molecule has 1 aliphatic rings. The van der Waals surface area contributed by atoms with E-state index < -0.39 is 11.9 Å². The molecule has 1 N–H and O–H groups in total.